The first-order chi connectivity index (χ1) is 14.3. The lowest BCUT2D eigenvalue weighted by atomic mass is 10.1. The molecule has 0 radical (unpaired) electrons. The molecule has 0 aromatic heterocycles. The van der Waals surface area contributed by atoms with Gasteiger partial charge in [-0.25, -0.2) is 0 Å². The summed E-state index contributed by atoms with van der Waals surface area (Å²) in [4.78, 5) is 26.5. The molecule has 3 atom stereocenters. The number of hydrogen-bond acceptors (Lipinski definition) is 7. The van der Waals surface area contributed by atoms with Gasteiger partial charge in [-0.1, -0.05) is 0 Å². The van der Waals surface area contributed by atoms with E-state index in [-0.39, 0.29) is 12.4 Å². The molecule has 0 unspecified atom stereocenters. The molecule has 196 valence electrons. The Labute approximate surface area is 207 Å². The summed E-state index contributed by atoms with van der Waals surface area (Å²) in [5, 5.41) is 0. The predicted octanol–water partition coefficient (Wildman–Crippen LogP) is 5.79. The molecule has 0 rings (SSSR count). The van der Waals surface area contributed by atoms with E-state index in [1.807, 2.05) is 78.6 Å². The van der Waals surface area contributed by atoms with Crippen LogP contribution >= 0.6 is 0 Å². The van der Waals surface area contributed by atoms with E-state index in [2.05, 4.69) is 19.6 Å². The molecule has 0 aliphatic carbocycles. The minimum atomic E-state index is -2.16. The second kappa shape index (κ2) is 11.8. The van der Waals surface area contributed by atoms with Crippen molar-refractivity contribution in [1.29, 1.82) is 0 Å². The third-order valence-corrected chi connectivity index (χ3v) is 8.16. The third kappa shape index (κ3) is 17.1. The number of hydrogen-bond donors (Lipinski definition) is 0. The van der Waals surface area contributed by atoms with E-state index in [0.717, 1.165) is 0 Å². The summed E-state index contributed by atoms with van der Waals surface area (Å²) in [6.07, 6.45) is -2.21. The summed E-state index contributed by atoms with van der Waals surface area (Å²) in [7, 11) is -10.7. The SMILES string of the molecule is C[Si](C)(C)OC(=O)[C@@H](C[C@@H](O[Si](C)(C)C)[C@@H](O[Si](C)(C)C)C(=O)O[Si](C)(C)C)O[Si](C)(C)C. The highest BCUT2D eigenvalue weighted by molar-refractivity contribution is 6.72. The van der Waals surface area contributed by atoms with Gasteiger partial charge in [0.05, 0.1) is 6.10 Å². The van der Waals surface area contributed by atoms with Crippen molar-refractivity contribution >= 4 is 53.5 Å². The van der Waals surface area contributed by atoms with Gasteiger partial charge in [0, 0.05) is 6.42 Å². The van der Waals surface area contributed by atoms with Gasteiger partial charge in [0.25, 0.3) is 0 Å². The highest BCUT2D eigenvalue weighted by Gasteiger charge is 2.43. The number of carbonyl (C=O) groups is 2. The van der Waals surface area contributed by atoms with Crippen LogP contribution in [0.4, 0.5) is 0 Å². The molecule has 0 saturated heterocycles. The zero-order valence-corrected chi connectivity index (χ0v) is 28.8. The van der Waals surface area contributed by atoms with Crippen molar-refractivity contribution in [3.63, 3.8) is 0 Å². The fraction of sp³-hybridized carbons (Fsp3) is 0.905. The third-order valence-electron chi connectivity index (χ3n) is 3.57. The molecule has 0 saturated carbocycles. The first kappa shape index (κ1) is 32.9. The van der Waals surface area contributed by atoms with Gasteiger partial charge < -0.3 is 22.1 Å². The Morgan fingerprint density at radius 2 is 0.879 bits per heavy atom. The second-order valence-electron chi connectivity index (χ2n) is 13.4. The van der Waals surface area contributed by atoms with Crippen LogP contribution in [-0.4, -0.2) is 71.8 Å². The Morgan fingerprint density at radius 1 is 0.515 bits per heavy atom. The Bertz CT molecular complexity index is 652. The van der Waals surface area contributed by atoms with Crippen LogP contribution in [0.15, 0.2) is 0 Å². The zero-order valence-electron chi connectivity index (χ0n) is 23.8. The summed E-state index contributed by atoms with van der Waals surface area (Å²) >= 11 is 0. The Kier molecular flexibility index (Phi) is 11.7. The van der Waals surface area contributed by atoms with Crippen molar-refractivity contribution in [2.24, 2.45) is 0 Å². The van der Waals surface area contributed by atoms with Crippen LogP contribution in [0.3, 0.4) is 0 Å². The van der Waals surface area contributed by atoms with Crippen molar-refractivity contribution in [2.75, 3.05) is 0 Å². The lowest BCUT2D eigenvalue weighted by Crippen LogP contribution is -2.53. The predicted molar refractivity (Wildman–Crippen MR) is 148 cm³/mol. The maximum absolute atomic E-state index is 13.3. The van der Waals surface area contributed by atoms with E-state index in [0.29, 0.717) is 0 Å². The smallest absolute Gasteiger partial charge is 0.323 e. The Morgan fingerprint density at radius 3 is 1.21 bits per heavy atom. The molecule has 12 heteroatoms. The highest BCUT2D eigenvalue weighted by atomic mass is 28.4. The standard InChI is InChI=1S/C21H50O7Si5/c1-29(2,3)24-17(19(26-31(7,8)9)21(23)28-33(13,14)15)16-18(25-30(4,5)6)20(22)27-32(10,11)12/h17-19H,16H2,1-15H3/t17-,18-,19-/m1/s1. The summed E-state index contributed by atoms with van der Waals surface area (Å²) in [5.41, 5.74) is 0. The van der Waals surface area contributed by atoms with Crippen molar-refractivity contribution in [3.8, 4) is 0 Å². The molecule has 0 aliphatic heterocycles. The van der Waals surface area contributed by atoms with E-state index in [4.69, 9.17) is 22.1 Å². The first-order valence-electron chi connectivity index (χ1n) is 11.8. The lowest BCUT2D eigenvalue weighted by Gasteiger charge is -2.38. The lowest BCUT2D eigenvalue weighted by molar-refractivity contribution is -0.153. The van der Waals surface area contributed by atoms with Crippen LogP contribution < -0.4 is 0 Å². The van der Waals surface area contributed by atoms with E-state index >= 15 is 0 Å². The Hall–Kier alpha value is -0.0956. The minimum absolute atomic E-state index is 0.188. The number of carbonyl (C=O) groups excluding carboxylic acids is 2. The van der Waals surface area contributed by atoms with Gasteiger partial charge in [-0.05, 0) is 98.2 Å². The van der Waals surface area contributed by atoms with Crippen LogP contribution in [0.2, 0.25) is 98.2 Å². The molecular formula is C21H50O7Si5. The van der Waals surface area contributed by atoms with Gasteiger partial charge in [-0.15, -0.1) is 0 Å². The van der Waals surface area contributed by atoms with Gasteiger partial charge in [0.2, 0.25) is 16.6 Å². The van der Waals surface area contributed by atoms with Crippen LogP contribution in [0.5, 0.6) is 0 Å². The molecule has 7 nitrogen and oxygen atoms in total. The van der Waals surface area contributed by atoms with Crippen molar-refractivity contribution in [1.82, 2.24) is 0 Å². The van der Waals surface area contributed by atoms with Crippen molar-refractivity contribution in [3.05, 3.63) is 0 Å². The van der Waals surface area contributed by atoms with Crippen molar-refractivity contribution < 1.29 is 31.7 Å². The van der Waals surface area contributed by atoms with Crippen LogP contribution in [-0.2, 0) is 31.7 Å². The van der Waals surface area contributed by atoms with Gasteiger partial charge in [0.1, 0.15) is 6.10 Å². The molecule has 0 aromatic rings. The molecule has 0 aromatic carbocycles. The maximum atomic E-state index is 13.3. The average Bonchev–Trinajstić information content (AvgIpc) is 2.44. The molecule has 0 aliphatic rings. The minimum Gasteiger partial charge on any atom is -0.518 e. The Balaban J connectivity index is 6.31. The van der Waals surface area contributed by atoms with Gasteiger partial charge >= 0.3 is 11.9 Å². The largest absolute Gasteiger partial charge is 0.518 e. The normalized spacial score (nSPS) is 16.7. The highest BCUT2D eigenvalue weighted by Crippen LogP contribution is 2.26. The molecule has 0 bridgehead atoms. The molecule has 0 spiro atoms. The van der Waals surface area contributed by atoms with Crippen LogP contribution in [0.25, 0.3) is 0 Å². The van der Waals surface area contributed by atoms with Gasteiger partial charge in [0.15, 0.2) is 31.1 Å². The molecule has 0 N–H and O–H groups in total. The summed E-state index contributed by atoms with van der Waals surface area (Å²) < 4.78 is 30.8. The molecule has 0 heterocycles. The summed E-state index contributed by atoms with van der Waals surface area (Å²) in [5.74, 6) is -0.795. The molecular weight excluding hydrogens is 505 g/mol. The molecule has 33 heavy (non-hydrogen) atoms. The molecule has 0 amide bonds. The van der Waals surface area contributed by atoms with E-state index in [1.165, 1.54) is 0 Å². The number of rotatable bonds is 13. The summed E-state index contributed by atoms with van der Waals surface area (Å²) in [6.45, 7) is 30.2. The monoisotopic (exact) mass is 554 g/mol. The fourth-order valence-electron chi connectivity index (χ4n) is 2.90. The maximum Gasteiger partial charge on any atom is 0.323 e. The van der Waals surface area contributed by atoms with E-state index < -0.39 is 65.9 Å². The van der Waals surface area contributed by atoms with E-state index in [1.54, 1.807) is 0 Å². The summed E-state index contributed by atoms with van der Waals surface area (Å²) in [6, 6.07) is 0. The van der Waals surface area contributed by atoms with E-state index in [9.17, 15) is 9.59 Å². The average molecular weight is 555 g/mol. The quantitative estimate of drug-likeness (QED) is 0.266. The van der Waals surface area contributed by atoms with Crippen LogP contribution in [0, 0.1) is 0 Å². The topological polar surface area (TPSA) is 80.3 Å². The first-order valence-corrected chi connectivity index (χ1v) is 28.8. The zero-order chi connectivity index (χ0) is 26.6. The van der Waals surface area contributed by atoms with Crippen molar-refractivity contribution in [2.45, 2.75) is 123 Å². The van der Waals surface area contributed by atoms with Crippen LogP contribution in [0.1, 0.15) is 6.42 Å². The molecule has 0 fully saturated rings. The van der Waals surface area contributed by atoms with Gasteiger partial charge in [-0.2, -0.15) is 0 Å². The second-order valence-corrected chi connectivity index (χ2v) is 35.7. The van der Waals surface area contributed by atoms with Gasteiger partial charge in [-0.3, -0.25) is 9.59 Å². The fourth-order valence-corrected chi connectivity index (χ4v) is 7.54.